The second-order valence-corrected chi connectivity index (χ2v) is 18.6. The van der Waals surface area contributed by atoms with Crippen LogP contribution in [-0.4, -0.2) is 74.9 Å². The van der Waals surface area contributed by atoms with E-state index in [1.807, 2.05) is 21.1 Å². The van der Waals surface area contributed by atoms with Gasteiger partial charge in [0.25, 0.3) is 0 Å². The van der Waals surface area contributed by atoms with Crippen LogP contribution in [0.5, 0.6) is 0 Å². The third kappa shape index (κ3) is 46.7. The van der Waals surface area contributed by atoms with Crippen LogP contribution >= 0.6 is 7.82 Å². The summed E-state index contributed by atoms with van der Waals surface area (Å²) in [7, 11) is 1.44. The van der Waals surface area contributed by atoms with Crippen molar-refractivity contribution in [1.29, 1.82) is 0 Å². The van der Waals surface area contributed by atoms with Gasteiger partial charge in [-0.2, -0.15) is 0 Å². The number of likely N-dealkylation sites (N-methyl/N-ethyl adjacent to an activating group) is 1. The van der Waals surface area contributed by atoms with Gasteiger partial charge in [-0.15, -0.1) is 0 Å². The van der Waals surface area contributed by atoms with Gasteiger partial charge in [0.15, 0.2) is 6.10 Å². The Balaban J connectivity index is 4.38. The molecule has 0 aromatic heterocycles. The number of unbranched alkanes of at least 4 members (excludes halogenated alkanes) is 15. The van der Waals surface area contributed by atoms with Crippen molar-refractivity contribution in [3.05, 3.63) is 85.1 Å². The van der Waals surface area contributed by atoms with Crippen LogP contribution in [0.15, 0.2) is 85.1 Å². The number of ether oxygens (including phenoxy) is 2. The van der Waals surface area contributed by atoms with Gasteiger partial charge in [-0.1, -0.05) is 163 Å². The molecule has 62 heavy (non-hydrogen) atoms. The summed E-state index contributed by atoms with van der Waals surface area (Å²) in [4.78, 5) is 35.5. The fourth-order valence-electron chi connectivity index (χ4n) is 6.13. The topological polar surface area (TPSA) is 108 Å². The van der Waals surface area contributed by atoms with E-state index in [2.05, 4.69) is 98.9 Å². The van der Waals surface area contributed by atoms with Crippen molar-refractivity contribution in [2.75, 3.05) is 47.5 Å². The minimum Gasteiger partial charge on any atom is -0.462 e. The minimum absolute atomic E-state index is 0.0206. The molecular weight excluding hydrogens is 798 g/mol. The van der Waals surface area contributed by atoms with Gasteiger partial charge in [-0.25, -0.2) is 4.57 Å². The standard InChI is InChI=1S/C52H90NO8P/c1-6-8-10-12-14-16-18-20-22-23-24-25-26-27-28-29-31-33-35-37-39-41-43-45-52(55)61-50(49-60-62(56,57)59-47-46-53(3,4)5)48-58-51(54)44-42-40-38-36-34-32-30-21-19-17-15-13-11-9-7-2/h8,10,14,16,20-22,24-25,27-28,30-31,33,50H,6-7,9,11-13,15,17-19,23,26,29,32,34-49H2,1-5H3/p+1/b10-8-,16-14-,22-20-,25-24-,28-27-,30-21-,33-31-. The summed E-state index contributed by atoms with van der Waals surface area (Å²) in [6, 6.07) is 0. The van der Waals surface area contributed by atoms with Crippen LogP contribution in [0.4, 0.5) is 0 Å². The first-order chi connectivity index (χ1) is 30.0. The molecule has 0 amide bonds. The highest BCUT2D eigenvalue weighted by atomic mass is 31.2. The number of quaternary nitrogens is 1. The summed E-state index contributed by atoms with van der Waals surface area (Å²) >= 11 is 0. The summed E-state index contributed by atoms with van der Waals surface area (Å²) in [5.74, 6) is -0.843. The van der Waals surface area contributed by atoms with E-state index in [-0.39, 0.29) is 32.0 Å². The van der Waals surface area contributed by atoms with Crippen molar-refractivity contribution in [2.45, 2.75) is 187 Å². The van der Waals surface area contributed by atoms with Crippen molar-refractivity contribution in [1.82, 2.24) is 0 Å². The molecule has 0 aromatic carbocycles. The van der Waals surface area contributed by atoms with E-state index < -0.39 is 26.5 Å². The predicted octanol–water partition coefficient (Wildman–Crippen LogP) is 14.4. The highest BCUT2D eigenvalue weighted by Gasteiger charge is 2.27. The molecule has 0 aliphatic carbocycles. The van der Waals surface area contributed by atoms with Crippen molar-refractivity contribution in [3.8, 4) is 0 Å². The van der Waals surface area contributed by atoms with Crippen LogP contribution < -0.4 is 0 Å². The smallest absolute Gasteiger partial charge is 0.462 e. The molecule has 0 aliphatic heterocycles. The molecule has 0 rings (SSSR count). The molecule has 2 unspecified atom stereocenters. The van der Waals surface area contributed by atoms with Gasteiger partial charge in [0.1, 0.15) is 19.8 Å². The number of carbonyl (C=O) groups is 2. The molecule has 2 atom stereocenters. The Kier molecular flexibility index (Phi) is 41.5. The maximum absolute atomic E-state index is 12.7. The molecule has 356 valence electrons. The van der Waals surface area contributed by atoms with Crippen molar-refractivity contribution in [3.63, 3.8) is 0 Å². The Bertz CT molecular complexity index is 1330. The van der Waals surface area contributed by atoms with Crippen LogP contribution in [-0.2, 0) is 32.7 Å². The lowest BCUT2D eigenvalue weighted by molar-refractivity contribution is -0.870. The van der Waals surface area contributed by atoms with Crippen LogP contribution in [0.3, 0.4) is 0 Å². The van der Waals surface area contributed by atoms with Gasteiger partial charge in [0, 0.05) is 12.8 Å². The molecule has 0 spiro atoms. The Morgan fingerprint density at radius 2 is 0.919 bits per heavy atom. The van der Waals surface area contributed by atoms with Crippen LogP contribution in [0.25, 0.3) is 0 Å². The maximum atomic E-state index is 12.7. The number of phosphoric ester groups is 1. The molecule has 0 saturated carbocycles. The van der Waals surface area contributed by atoms with E-state index >= 15 is 0 Å². The Morgan fingerprint density at radius 3 is 1.39 bits per heavy atom. The number of esters is 2. The number of phosphoric acid groups is 1. The second kappa shape index (κ2) is 43.4. The lowest BCUT2D eigenvalue weighted by Crippen LogP contribution is -2.37. The number of hydrogen-bond acceptors (Lipinski definition) is 7. The SMILES string of the molecule is CC/C=C\C/C=C\C/C=C\C/C=C\C/C=C\C/C=C\CCCCCCC(=O)OC(COC(=O)CCCCCCC/C=C\CCCCCCCC)COP(=O)(O)OCC[N+](C)(C)C. The molecule has 0 aliphatic rings. The predicted molar refractivity (Wildman–Crippen MR) is 261 cm³/mol. The zero-order valence-corrected chi connectivity index (χ0v) is 41.0. The molecule has 0 bridgehead atoms. The first kappa shape index (κ1) is 59.2. The van der Waals surface area contributed by atoms with Gasteiger partial charge in [-0.05, 0) is 89.9 Å². The molecule has 1 N–H and O–H groups in total. The van der Waals surface area contributed by atoms with E-state index in [1.54, 1.807) is 0 Å². The lowest BCUT2D eigenvalue weighted by atomic mass is 10.1. The molecule has 0 aromatic rings. The highest BCUT2D eigenvalue weighted by Crippen LogP contribution is 2.43. The van der Waals surface area contributed by atoms with E-state index in [9.17, 15) is 19.0 Å². The molecular formula is C52H91NO8P+. The molecule has 0 fully saturated rings. The average molecular weight is 889 g/mol. The number of hydrogen-bond donors (Lipinski definition) is 1. The zero-order valence-electron chi connectivity index (χ0n) is 40.1. The summed E-state index contributed by atoms with van der Waals surface area (Å²) in [5, 5.41) is 0. The molecule has 0 saturated heterocycles. The van der Waals surface area contributed by atoms with Crippen LogP contribution in [0.1, 0.15) is 181 Å². The van der Waals surface area contributed by atoms with Crippen LogP contribution in [0, 0.1) is 0 Å². The number of nitrogens with zero attached hydrogens (tertiary/aromatic N) is 1. The van der Waals surface area contributed by atoms with Crippen molar-refractivity contribution in [2.24, 2.45) is 0 Å². The van der Waals surface area contributed by atoms with Crippen LogP contribution in [0.2, 0.25) is 0 Å². The normalized spacial score (nSPS) is 14.2. The highest BCUT2D eigenvalue weighted by molar-refractivity contribution is 7.47. The maximum Gasteiger partial charge on any atom is 0.472 e. The number of rotatable bonds is 43. The Hall–Kier alpha value is -2.81. The first-order valence-corrected chi connectivity index (χ1v) is 25.8. The Labute approximate surface area is 380 Å². The van der Waals surface area contributed by atoms with Crippen molar-refractivity contribution >= 4 is 19.8 Å². The molecule has 9 nitrogen and oxygen atoms in total. The average Bonchev–Trinajstić information content (AvgIpc) is 3.23. The summed E-state index contributed by atoms with van der Waals surface area (Å²) < 4.78 is 34.4. The third-order valence-corrected chi connectivity index (χ3v) is 10.9. The molecule has 10 heteroatoms. The van der Waals surface area contributed by atoms with Crippen molar-refractivity contribution < 1.29 is 42.1 Å². The fraction of sp³-hybridized carbons (Fsp3) is 0.692. The van der Waals surface area contributed by atoms with Gasteiger partial charge in [0.05, 0.1) is 27.7 Å². The summed E-state index contributed by atoms with van der Waals surface area (Å²) in [6.07, 6.45) is 56.3. The lowest BCUT2D eigenvalue weighted by Gasteiger charge is -2.24. The van der Waals surface area contributed by atoms with Gasteiger partial charge in [-0.3, -0.25) is 18.6 Å². The number of allylic oxidation sites excluding steroid dienone is 14. The summed E-state index contributed by atoms with van der Waals surface area (Å²) in [5.41, 5.74) is 0. The fourth-order valence-corrected chi connectivity index (χ4v) is 6.87. The molecule has 0 heterocycles. The number of carbonyl (C=O) groups excluding carboxylic acids is 2. The minimum atomic E-state index is -4.39. The monoisotopic (exact) mass is 889 g/mol. The van der Waals surface area contributed by atoms with Gasteiger partial charge in [0.2, 0.25) is 0 Å². The summed E-state index contributed by atoms with van der Waals surface area (Å²) in [6.45, 7) is 4.25. The van der Waals surface area contributed by atoms with Gasteiger partial charge < -0.3 is 18.9 Å². The van der Waals surface area contributed by atoms with E-state index in [0.29, 0.717) is 17.4 Å². The quantitative estimate of drug-likeness (QED) is 0.0212. The largest absolute Gasteiger partial charge is 0.472 e. The third-order valence-electron chi connectivity index (χ3n) is 9.91. The zero-order chi connectivity index (χ0) is 45.7. The van der Waals surface area contributed by atoms with E-state index in [1.165, 1.54) is 44.9 Å². The first-order valence-electron chi connectivity index (χ1n) is 24.3. The molecule has 0 radical (unpaired) electrons. The van der Waals surface area contributed by atoms with Gasteiger partial charge >= 0.3 is 19.8 Å². The Morgan fingerprint density at radius 1 is 0.516 bits per heavy atom. The van der Waals surface area contributed by atoms with E-state index in [4.69, 9.17) is 18.5 Å². The second-order valence-electron chi connectivity index (χ2n) is 17.1. The van der Waals surface area contributed by atoms with E-state index in [0.717, 1.165) is 103 Å².